The SMILES string of the molecule is Nc1ccc(F)cc1-c1nc(CC2CCCCO2)no1. The third kappa shape index (κ3) is 2.80. The van der Waals surface area contributed by atoms with Crippen LogP contribution in [-0.2, 0) is 11.2 Å². The lowest BCUT2D eigenvalue weighted by molar-refractivity contribution is 0.0153. The lowest BCUT2D eigenvalue weighted by Crippen LogP contribution is -2.21. The minimum absolute atomic E-state index is 0.138. The van der Waals surface area contributed by atoms with E-state index in [1.54, 1.807) is 0 Å². The Kier molecular flexibility index (Phi) is 3.64. The van der Waals surface area contributed by atoms with Crippen LogP contribution in [0, 0.1) is 5.82 Å². The highest BCUT2D eigenvalue weighted by Crippen LogP contribution is 2.25. The van der Waals surface area contributed by atoms with E-state index < -0.39 is 0 Å². The van der Waals surface area contributed by atoms with Crippen molar-refractivity contribution in [3.8, 4) is 11.5 Å². The maximum absolute atomic E-state index is 13.2. The molecule has 2 heterocycles. The number of nitrogen functional groups attached to an aromatic ring is 1. The lowest BCUT2D eigenvalue weighted by atomic mass is 10.1. The molecule has 0 saturated carbocycles. The van der Waals surface area contributed by atoms with Gasteiger partial charge in [-0.2, -0.15) is 4.98 Å². The summed E-state index contributed by atoms with van der Waals surface area (Å²) < 4.78 is 24.0. The van der Waals surface area contributed by atoms with Gasteiger partial charge in [0.05, 0.1) is 11.7 Å². The average molecular weight is 277 g/mol. The number of nitrogens with two attached hydrogens (primary N) is 1. The molecule has 5 nitrogen and oxygen atoms in total. The molecule has 1 saturated heterocycles. The van der Waals surface area contributed by atoms with Gasteiger partial charge in [-0.15, -0.1) is 0 Å². The summed E-state index contributed by atoms with van der Waals surface area (Å²) in [5.41, 5.74) is 6.63. The molecule has 2 N–H and O–H groups in total. The first-order chi connectivity index (χ1) is 9.72. The van der Waals surface area contributed by atoms with Gasteiger partial charge < -0.3 is 15.0 Å². The van der Waals surface area contributed by atoms with E-state index in [0.717, 1.165) is 25.9 Å². The number of aromatic nitrogens is 2. The molecular formula is C14H16FN3O2. The van der Waals surface area contributed by atoms with Crippen molar-refractivity contribution >= 4 is 5.69 Å². The van der Waals surface area contributed by atoms with Crippen LogP contribution in [0.25, 0.3) is 11.5 Å². The molecule has 1 aliphatic rings. The van der Waals surface area contributed by atoms with Gasteiger partial charge in [0.15, 0.2) is 5.82 Å². The molecule has 0 bridgehead atoms. The molecule has 0 spiro atoms. The minimum Gasteiger partial charge on any atom is -0.398 e. The quantitative estimate of drug-likeness (QED) is 0.873. The van der Waals surface area contributed by atoms with E-state index in [1.165, 1.54) is 18.2 Å². The summed E-state index contributed by atoms with van der Waals surface area (Å²) in [5.74, 6) is 0.424. The van der Waals surface area contributed by atoms with E-state index >= 15 is 0 Å². The highest BCUT2D eigenvalue weighted by Gasteiger charge is 2.19. The molecule has 3 rings (SSSR count). The Morgan fingerprint density at radius 2 is 2.25 bits per heavy atom. The van der Waals surface area contributed by atoms with Crippen molar-refractivity contribution in [1.29, 1.82) is 0 Å². The van der Waals surface area contributed by atoms with E-state index in [0.29, 0.717) is 23.5 Å². The third-order valence-corrected chi connectivity index (χ3v) is 3.40. The van der Waals surface area contributed by atoms with E-state index in [1.807, 2.05) is 0 Å². The van der Waals surface area contributed by atoms with Crippen LogP contribution < -0.4 is 5.73 Å². The summed E-state index contributed by atoms with van der Waals surface area (Å²) in [4.78, 5) is 4.27. The van der Waals surface area contributed by atoms with Crippen LogP contribution in [0.3, 0.4) is 0 Å². The molecule has 1 unspecified atom stereocenters. The Balaban J connectivity index is 1.77. The van der Waals surface area contributed by atoms with Gasteiger partial charge in [-0.3, -0.25) is 0 Å². The topological polar surface area (TPSA) is 74.2 Å². The Bertz CT molecular complexity index is 594. The highest BCUT2D eigenvalue weighted by molar-refractivity contribution is 5.70. The number of ether oxygens (including phenoxy) is 1. The lowest BCUT2D eigenvalue weighted by Gasteiger charge is -2.20. The number of rotatable bonds is 3. The fraction of sp³-hybridized carbons (Fsp3) is 0.429. The van der Waals surface area contributed by atoms with Gasteiger partial charge in [0.1, 0.15) is 5.82 Å². The van der Waals surface area contributed by atoms with Gasteiger partial charge in [0, 0.05) is 18.7 Å². The number of halogens is 1. The second-order valence-electron chi connectivity index (χ2n) is 4.94. The number of benzene rings is 1. The van der Waals surface area contributed by atoms with E-state index in [4.69, 9.17) is 15.0 Å². The molecule has 1 fully saturated rings. The predicted octanol–water partition coefficient (Wildman–Crippen LogP) is 2.57. The van der Waals surface area contributed by atoms with Crippen LogP contribution in [0.5, 0.6) is 0 Å². The van der Waals surface area contributed by atoms with Gasteiger partial charge in [0.2, 0.25) is 0 Å². The number of hydrogen-bond acceptors (Lipinski definition) is 5. The molecule has 1 atom stereocenters. The second-order valence-corrected chi connectivity index (χ2v) is 4.94. The molecule has 106 valence electrons. The zero-order chi connectivity index (χ0) is 13.9. The van der Waals surface area contributed by atoms with Crippen LogP contribution in [0.1, 0.15) is 25.1 Å². The Morgan fingerprint density at radius 3 is 3.05 bits per heavy atom. The molecule has 1 aromatic carbocycles. The summed E-state index contributed by atoms with van der Waals surface area (Å²) in [5, 5.41) is 3.91. The Labute approximate surface area is 115 Å². The van der Waals surface area contributed by atoms with Crippen LogP contribution in [-0.4, -0.2) is 22.9 Å². The molecule has 1 aromatic heterocycles. The molecule has 0 amide bonds. The molecule has 1 aliphatic heterocycles. The summed E-state index contributed by atoms with van der Waals surface area (Å²) in [6, 6.07) is 4.08. The smallest absolute Gasteiger partial charge is 0.260 e. The first-order valence-electron chi connectivity index (χ1n) is 6.72. The minimum atomic E-state index is -0.385. The summed E-state index contributed by atoms with van der Waals surface area (Å²) >= 11 is 0. The monoisotopic (exact) mass is 277 g/mol. The summed E-state index contributed by atoms with van der Waals surface area (Å²) in [6.45, 7) is 0.784. The first kappa shape index (κ1) is 13.1. The maximum Gasteiger partial charge on any atom is 0.260 e. The largest absolute Gasteiger partial charge is 0.398 e. The number of anilines is 1. The number of hydrogen-bond donors (Lipinski definition) is 1. The van der Waals surface area contributed by atoms with Crippen LogP contribution in [0.4, 0.5) is 10.1 Å². The van der Waals surface area contributed by atoms with Gasteiger partial charge in [-0.1, -0.05) is 5.16 Å². The van der Waals surface area contributed by atoms with Crippen LogP contribution in [0.2, 0.25) is 0 Å². The van der Waals surface area contributed by atoms with Crippen LogP contribution in [0.15, 0.2) is 22.7 Å². The third-order valence-electron chi connectivity index (χ3n) is 3.40. The van der Waals surface area contributed by atoms with Gasteiger partial charge in [-0.25, -0.2) is 4.39 Å². The molecule has 0 aliphatic carbocycles. The van der Waals surface area contributed by atoms with Crippen molar-refractivity contribution in [3.05, 3.63) is 29.8 Å². The van der Waals surface area contributed by atoms with Crippen molar-refractivity contribution in [3.63, 3.8) is 0 Å². The van der Waals surface area contributed by atoms with Gasteiger partial charge in [-0.05, 0) is 37.5 Å². The van der Waals surface area contributed by atoms with Crippen molar-refractivity contribution in [2.45, 2.75) is 31.8 Å². The van der Waals surface area contributed by atoms with Crippen molar-refractivity contribution in [2.75, 3.05) is 12.3 Å². The van der Waals surface area contributed by atoms with Gasteiger partial charge >= 0.3 is 0 Å². The van der Waals surface area contributed by atoms with E-state index in [-0.39, 0.29) is 17.8 Å². The first-order valence-corrected chi connectivity index (χ1v) is 6.72. The van der Waals surface area contributed by atoms with Gasteiger partial charge in [0.25, 0.3) is 5.89 Å². The molecular weight excluding hydrogens is 261 g/mol. The standard InChI is InChI=1S/C14H16FN3O2/c15-9-4-5-12(16)11(7-9)14-17-13(18-20-14)8-10-3-1-2-6-19-10/h4-5,7,10H,1-3,6,8,16H2. The fourth-order valence-corrected chi connectivity index (χ4v) is 2.33. The van der Waals surface area contributed by atoms with Crippen molar-refractivity contribution in [1.82, 2.24) is 10.1 Å². The Hall–Kier alpha value is -1.95. The molecule has 20 heavy (non-hydrogen) atoms. The van der Waals surface area contributed by atoms with Crippen molar-refractivity contribution < 1.29 is 13.7 Å². The zero-order valence-electron chi connectivity index (χ0n) is 11.0. The summed E-state index contributed by atoms with van der Waals surface area (Å²) in [7, 11) is 0. The average Bonchev–Trinajstić information content (AvgIpc) is 2.91. The molecule has 6 heteroatoms. The Morgan fingerprint density at radius 1 is 1.35 bits per heavy atom. The van der Waals surface area contributed by atoms with Crippen LogP contribution >= 0.6 is 0 Å². The molecule has 0 radical (unpaired) electrons. The van der Waals surface area contributed by atoms with E-state index in [2.05, 4.69) is 10.1 Å². The summed E-state index contributed by atoms with van der Waals surface area (Å²) in [6.07, 6.45) is 4.02. The fourth-order valence-electron chi connectivity index (χ4n) is 2.33. The highest BCUT2D eigenvalue weighted by atomic mass is 19.1. The molecule has 2 aromatic rings. The zero-order valence-corrected chi connectivity index (χ0v) is 11.0. The second kappa shape index (κ2) is 5.58. The van der Waals surface area contributed by atoms with E-state index in [9.17, 15) is 4.39 Å². The van der Waals surface area contributed by atoms with Crippen molar-refractivity contribution in [2.24, 2.45) is 0 Å². The predicted molar refractivity (Wildman–Crippen MR) is 71.4 cm³/mol. The maximum atomic E-state index is 13.2. The normalized spacial score (nSPS) is 19.1. The number of nitrogens with zero attached hydrogens (tertiary/aromatic N) is 2.